The molecule has 1 saturated heterocycles. The first-order chi connectivity index (χ1) is 18.1. The quantitative estimate of drug-likeness (QED) is 0.109. The number of nitro groups is 1. The molecule has 4 amide bonds. The molecule has 10 nitrogen and oxygen atoms in total. The van der Waals surface area contributed by atoms with Crippen molar-refractivity contribution in [3.63, 3.8) is 0 Å². The lowest BCUT2D eigenvalue weighted by atomic mass is 10.2. The van der Waals surface area contributed by atoms with Gasteiger partial charge >= 0.3 is 6.03 Å². The van der Waals surface area contributed by atoms with Gasteiger partial charge in [0.1, 0.15) is 30.4 Å². The Morgan fingerprint density at radius 1 is 1.11 bits per heavy atom. The van der Waals surface area contributed by atoms with Crippen LogP contribution in [0.4, 0.5) is 20.6 Å². The second-order valence-corrected chi connectivity index (χ2v) is 10.3. The van der Waals surface area contributed by atoms with Crippen LogP contribution in [0.5, 0.6) is 5.75 Å². The second kappa shape index (κ2) is 11.8. The van der Waals surface area contributed by atoms with E-state index in [-0.39, 0.29) is 23.7 Å². The van der Waals surface area contributed by atoms with E-state index in [0.29, 0.717) is 11.3 Å². The van der Waals surface area contributed by atoms with Crippen molar-refractivity contribution in [3.05, 3.63) is 101 Å². The minimum atomic E-state index is -0.766. The first-order valence-corrected chi connectivity index (χ1v) is 13.0. The second-order valence-electron chi connectivity index (χ2n) is 7.93. The van der Waals surface area contributed by atoms with Crippen LogP contribution in [0.2, 0.25) is 0 Å². The van der Waals surface area contributed by atoms with Crippen molar-refractivity contribution in [1.82, 2.24) is 10.2 Å². The van der Waals surface area contributed by atoms with Crippen LogP contribution in [-0.2, 0) is 16.2 Å². The van der Waals surface area contributed by atoms with E-state index in [9.17, 15) is 28.9 Å². The lowest BCUT2D eigenvalue weighted by Gasteiger charge is -2.12. The standard InChI is InChI=1S/C25H17FI2N4O6/c26-17-3-1-2-4-20(17)29-22(33)12-31-24(34)21(30-25(31)35)11-15-9-18(27)23(19(28)10-15)38-13-14-5-7-16(8-6-14)32(36)37/h1-11H,12-13H2,(H,29,33)(H,30,35)/b21-11+. The molecule has 3 aromatic carbocycles. The van der Waals surface area contributed by atoms with Crippen LogP contribution in [0.25, 0.3) is 6.08 Å². The number of carbonyl (C=O) groups is 3. The molecule has 1 aliphatic heterocycles. The number of rotatable bonds is 8. The van der Waals surface area contributed by atoms with Crippen LogP contribution in [0, 0.1) is 23.1 Å². The molecule has 1 fully saturated rings. The topological polar surface area (TPSA) is 131 Å². The average molecular weight is 742 g/mol. The summed E-state index contributed by atoms with van der Waals surface area (Å²) in [6, 6.07) is 14.4. The molecular formula is C25H17FI2N4O6. The molecule has 4 rings (SSSR count). The number of imide groups is 1. The molecule has 0 atom stereocenters. The monoisotopic (exact) mass is 742 g/mol. The highest BCUT2D eigenvalue weighted by Crippen LogP contribution is 2.31. The number of anilines is 1. The lowest BCUT2D eigenvalue weighted by Crippen LogP contribution is -2.38. The molecule has 2 N–H and O–H groups in total. The number of para-hydroxylation sites is 1. The third-order valence-corrected chi connectivity index (χ3v) is 6.88. The summed E-state index contributed by atoms with van der Waals surface area (Å²) in [4.78, 5) is 48.5. The summed E-state index contributed by atoms with van der Waals surface area (Å²) in [5.41, 5.74) is 1.29. The molecule has 38 heavy (non-hydrogen) atoms. The molecule has 0 radical (unpaired) electrons. The highest BCUT2D eigenvalue weighted by atomic mass is 127. The van der Waals surface area contributed by atoms with Crippen LogP contribution in [0.1, 0.15) is 11.1 Å². The smallest absolute Gasteiger partial charge is 0.329 e. The van der Waals surface area contributed by atoms with E-state index in [1.165, 1.54) is 36.4 Å². The largest absolute Gasteiger partial charge is 0.487 e. The van der Waals surface area contributed by atoms with E-state index in [0.717, 1.165) is 17.6 Å². The number of urea groups is 1. The van der Waals surface area contributed by atoms with Crippen molar-refractivity contribution in [2.45, 2.75) is 6.61 Å². The summed E-state index contributed by atoms with van der Waals surface area (Å²) in [6.45, 7) is -0.385. The van der Waals surface area contributed by atoms with Gasteiger partial charge in [-0.25, -0.2) is 14.1 Å². The van der Waals surface area contributed by atoms with Crippen LogP contribution < -0.4 is 15.4 Å². The number of halogens is 3. The Kier molecular flexibility index (Phi) is 8.55. The number of ether oxygens (including phenoxy) is 1. The number of nitrogens with one attached hydrogen (secondary N) is 2. The van der Waals surface area contributed by atoms with Crippen molar-refractivity contribution in [2.75, 3.05) is 11.9 Å². The molecule has 1 aliphatic rings. The summed E-state index contributed by atoms with van der Waals surface area (Å²) in [5, 5.41) is 15.6. The fraction of sp³-hybridized carbons (Fsp3) is 0.0800. The van der Waals surface area contributed by atoms with Crippen molar-refractivity contribution in [2.24, 2.45) is 0 Å². The molecule has 0 spiro atoms. The van der Waals surface area contributed by atoms with Crippen molar-refractivity contribution >= 4 is 80.5 Å². The van der Waals surface area contributed by atoms with E-state index in [1.807, 2.05) is 0 Å². The van der Waals surface area contributed by atoms with Crippen molar-refractivity contribution in [1.29, 1.82) is 0 Å². The van der Waals surface area contributed by atoms with E-state index in [2.05, 4.69) is 55.8 Å². The Hall–Kier alpha value is -3.60. The number of non-ortho nitro benzene ring substituents is 1. The van der Waals surface area contributed by atoms with Gasteiger partial charge in [0.25, 0.3) is 11.6 Å². The number of hydrogen-bond acceptors (Lipinski definition) is 6. The average Bonchev–Trinajstić information content (AvgIpc) is 3.12. The number of nitro benzene ring substituents is 1. The van der Waals surface area contributed by atoms with E-state index < -0.39 is 35.1 Å². The fourth-order valence-corrected chi connectivity index (χ4v) is 5.58. The fourth-order valence-electron chi connectivity index (χ4n) is 3.45. The number of carbonyl (C=O) groups excluding carboxylic acids is 3. The Morgan fingerprint density at radius 2 is 1.76 bits per heavy atom. The zero-order valence-corrected chi connectivity index (χ0v) is 23.6. The van der Waals surface area contributed by atoms with Gasteiger partial charge in [-0.3, -0.25) is 19.7 Å². The minimum absolute atomic E-state index is 0.00635. The molecule has 194 valence electrons. The molecule has 0 aromatic heterocycles. The molecule has 0 bridgehead atoms. The van der Waals surface area contributed by atoms with Gasteiger partial charge in [-0.2, -0.15) is 0 Å². The lowest BCUT2D eigenvalue weighted by molar-refractivity contribution is -0.384. The van der Waals surface area contributed by atoms with Crippen molar-refractivity contribution < 1.29 is 28.4 Å². The number of hydrogen-bond donors (Lipinski definition) is 2. The van der Waals surface area contributed by atoms with E-state index in [1.54, 1.807) is 30.3 Å². The normalized spacial score (nSPS) is 14.0. The Morgan fingerprint density at radius 3 is 2.39 bits per heavy atom. The van der Waals surface area contributed by atoms with Gasteiger partial charge < -0.3 is 15.4 Å². The van der Waals surface area contributed by atoms with Crippen LogP contribution in [0.3, 0.4) is 0 Å². The summed E-state index contributed by atoms with van der Waals surface area (Å²) < 4.78 is 21.2. The molecule has 0 unspecified atom stereocenters. The molecule has 3 aromatic rings. The third-order valence-electron chi connectivity index (χ3n) is 5.27. The summed E-state index contributed by atoms with van der Waals surface area (Å²) in [6.07, 6.45) is 1.49. The van der Waals surface area contributed by atoms with Crippen molar-refractivity contribution in [3.8, 4) is 5.75 Å². The maximum atomic E-state index is 13.8. The van der Waals surface area contributed by atoms with Gasteiger partial charge in [0.15, 0.2) is 0 Å². The Balaban J connectivity index is 1.43. The molecule has 1 heterocycles. The zero-order chi connectivity index (χ0) is 27.4. The van der Waals surface area contributed by atoms with Gasteiger partial charge in [-0.15, -0.1) is 0 Å². The number of benzene rings is 3. The maximum Gasteiger partial charge on any atom is 0.329 e. The van der Waals surface area contributed by atoms with E-state index >= 15 is 0 Å². The maximum absolute atomic E-state index is 13.8. The van der Waals surface area contributed by atoms with Crippen LogP contribution in [0.15, 0.2) is 66.4 Å². The van der Waals surface area contributed by atoms with Gasteiger partial charge in [-0.1, -0.05) is 12.1 Å². The number of amides is 4. The first-order valence-electron chi connectivity index (χ1n) is 10.9. The predicted octanol–water partition coefficient (Wildman–Crippen LogP) is 5.05. The summed E-state index contributed by atoms with van der Waals surface area (Å²) in [7, 11) is 0. The molecular weight excluding hydrogens is 725 g/mol. The molecule has 13 heteroatoms. The highest BCUT2D eigenvalue weighted by molar-refractivity contribution is 14.1. The van der Waals surface area contributed by atoms with E-state index in [4.69, 9.17) is 4.74 Å². The number of nitrogens with zero attached hydrogens (tertiary/aromatic N) is 2. The SMILES string of the molecule is O=C(CN1C(=O)N/C(=C/c2cc(I)c(OCc3ccc([N+](=O)[O-])cc3)c(I)c2)C1=O)Nc1ccccc1F. The molecule has 0 aliphatic carbocycles. The zero-order valence-electron chi connectivity index (χ0n) is 19.2. The Bertz CT molecular complexity index is 1460. The van der Waals surface area contributed by atoms with Gasteiger partial charge in [-0.05, 0) is 98.8 Å². The Labute approximate surface area is 242 Å². The summed E-state index contributed by atoms with van der Waals surface area (Å²) in [5.74, 6) is -1.45. The summed E-state index contributed by atoms with van der Waals surface area (Å²) >= 11 is 4.17. The first kappa shape index (κ1) is 27.4. The minimum Gasteiger partial charge on any atom is -0.487 e. The van der Waals surface area contributed by atoms with Gasteiger partial charge in [0.2, 0.25) is 5.91 Å². The molecule has 0 saturated carbocycles. The van der Waals surface area contributed by atoms with Gasteiger partial charge in [0.05, 0.1) is 17.8 Å². The highest BCUT2D eigenvalue weighted by Gasteiger charge is 2.35. The van der Waals surface area contributed by atoms with Gasteiger partial charge in [0, 0.05) is 12.1 Å². The van der Waals surface area contributed by atoms with Crippen LogP contribution in [-0.4, -0.2) is 34.2 Å². The predicted molar refractivity (Wildman–Crippen MR) is 153 cm³/mol. The third kappa shape index (κ3) is 6.45. The van der Waals surface area contributed by atoms with Crippen LogP contribution >= 0.6 is 45.2 Å².